The van der Waals surface area contributed by atoms with Crippen molar-refractivity contribution in [1.82, 2.24) is 0 Å². The van der Waals surface area contributed by atoms with E-state index in [0.29, 0.717) is 0 Å². The SMILES string of the molecule is CC(C)CC1=CCC(C)(O)CC1. The fourth-order valence-corrected chi connectivity index (χ4v) is 1.71. The molecule has 0 aliphatic heterocycles. The molecular formula is C11H20O. The van der Waals surface area contributed by atoms with E-state index >= 15 is 0 Å². The first kappa shape index (κ1) is 9.79. The van der Waals surface area contributed by atoms with E-state index in [2.05, 4.69) is 19.9 Å². The average molecular weight is 168 g/mol. The summed E-state index contributed by atoms with van der Waals surface area (Å²) in [4.78, 5) is 0. The number of hydrogen-bond donors (Lipinski definition) is 1. The summed E-state index contributed by atoms with van der Waals surface area (Å²) >= 11 is 0. The number of rotatable bonds is 2. The van der Waals surface area contributed by atoms with Crippen LogP contribution in [-0.4, -0.2) is 10.7 Å². The van der Waals surface area contributed by atoms with Crippen LogP contribution in [0.4, 0.5) is 0 Å². The molecule has 1 atom stereocenters. The van der Waals surface area contributed by atoms with Gasteiger partial charge in [0.1, 0.15) is 0 Å². The lowest BCUT2D eigenvalue weighted by molar-refractivity contribution is 0.0489. The Bertz CT molecular complexity index is 177. The Kier molecular flexibility index (Phi) is 2.94. The molecule has 0 aromatic heterocycles. The van der Waals surface area contributed by atoms with Gasteiger partial charge in [-0.15, -0.1) is 0 Å². The molecule has 0 saturated heterocycles. The van der Waals surface area contributed by atoms with Crippen molar-refractivity contribution in [1.29, 1.82) is 0 Å². The molecule has 0 aromatic carbocycles. The third-order valence-electron chi connectivity index (χ3n) is 2.49. The topological polar surface area (TPSA) is 20.2 Å². The van der Waals surface area contributed by atoms with Crippen LogP contribution in [0.25, 0.3) is 0 Å². The van der Waals surface area contributed by atoms with E-state index in [1.54, 1.807) is 0 Å². The smallest absolute Gasteiger partial charge is 0.0657 e. The Balaban J connectivity index is 2.45. The molecule has 0 aromatic rings. The molecule has 0 heterocycles. The van der Waals surface area contributed by atoms with Crippen LogP contribution in [0.15, 0.2) is 11.6 Å². The lowest BCUT2D eigenvalue weighted by Gasteiger charge is -2.27. The third-order valence-corrected chi connectivity index (χ3v) is 2.49. The summed E-state index contributed by atoms with van der Waals surface area (Å²) in [6.07, 6.45) is 6.30. The van der Waals surface area contributed by atoms with Gasteiger partial charge >= 0.3 is 0 Å². The van der Waals surface area contributed by atoms with Gasteiger partial charge in [-0.2, -0.15) is 0 Å². The van der Waals surface area contributed by atoms with Gasteiger partial charge in [-0.3, -0.25) is 0 Å². The Hall–Kier alpha value is -0.300. The van der Waals surface area contributed by atoms with Gasteiger partial charge in [0.15, 0.2) is 0 Å². The normalized spacial score (nSPS) is 30.6. The second-order valence-electron chi connectivity index (χ2n) is 4.66. The maximum atomic E-state index is 9.68. The summed E-state index contributed by atoms with van der Waals surface area (Å²) in [5.41, 5.74) is 1.11. The van der Waals surface area contributed by atoms with E-state index in [1.807, 2.05) is 6.92 Å². The highest BCUT2D eigenvalue weighted by Crippen LogP contribution is 2.29. The maximum absolute atomic E-state index is 9.68. The van der Waals surface area contributed by atoms with E-state index in [4.69, 9.17) is 0 Å². The largest absolute Gasteiger partial charge is 0.390 e. The predicted molar refractivity (Wildman–Crippen MR) is 52.0 cm³/mol. The molecule has 12 heavy (non-hydrogen) atoms. The lowest BCUT2D eigenvalue weighted by Crippen LogP contribution is -2.26. The van der Waals surface area contributed by atoms with Crippen molar-refractivity contribution in [3.8, 4) is 0 Å². The van der Waals surface area contributed by atoms with Gasteiger partial charge in [0.05, 0.1) is 5.60 Å². The van der Waals surface area contributed by atoms with Crippen molar-refractivity contribution in [2.45, 2.75) is 52.1 Å². The summed E-state index contributed by atoms with van der Waals surface area (Å²) in [6.45, 7) is 6.41. The first-order valence-electron chi connectivity index (χ1n) is 4.90. The molecule has 1 nitrogen and oxygen atoms in total. The van der Waals surface area contributed by atoms with E-state index in [9.17, 15) is 5.11 Å². The molecule has 1 rings (SSSR count). The second kappa shape index (κ2) is 3.61. The fraction of sp³-hybridized carbons (Fsp3) is 0.818. The molecule has 0 amide bonds. The fourth-order valence-electron chi connectivity index (χ4n) is 1.71. The second-order valence-corrected chi connectivity index (χ2v) is 4.66. The van der Waals surface area contributed by atoms with Gasteiger partial charge < -0.3 is 5.11 Å². The van der Waals surface area contributed by atoms with Crippen LogP contribution in [-0.2, 0) is 0 Å². The molecule has 70 valence electrons. The van der Waals surface area contributed by atoms with Gasteiger partial charge in [-0.1, -0.05) is 25.5 Å². The van der Waals surface area contributed by atoms with Crippen LogP contribution in [0.2, 0.25) is 0 Å². The van der Waals surface area contributed by atoms with Crippen LogP contribution in [0.5, 0.6) is 0 Å². The third kappa shape index (κ3) is 2.98. The Labute approximate surface area is 75.5 Å². The molecule has 0 fully saturated rings. The minimum Gasteiger partial charge on any atom is -0.390 e. The zero-order valence-corrected chi connectivity index (χ0v) is 8.43. The van der Waals surface area contributed by atoms with Crippen molar-refractivity contribution in [2.75, 3.05) is 0 Å². The van der Waals surface area contributed by atoms with Crippen LogP contribution in [0.1, 0.15) is 46.5 Å². The maximum Gasteiger partial charge on any atom is 0.0657 e. The van der Waals surface area contributed by atoms with Crippen molar-refractivity contribution in [3.05, 3.63) is 11.6 Å². The van der Waals surface area contributed by atoms with E-state index in [1.165, 1.54) is 12.0 Å². The predicted octanol–water partition coefficient (Wildman–Crippen LogP) is 2.89. The van der Waals surface area contributed by atoms with E-state index in [-0.39, 0.29) is 0 Å². The number of aliphatic hydroxyl groups is 1. The summed E-state index contributed by atoms with van der Waals surface area (Å²) in [6, 6.07) is 0. The summed E-state index contributed by atoms with van der Waals surface area (Å²) < 4.78 is 0. The average Bonchev–Trinajstić information content (AvgIpc) is 1.93. The van der Waals surface area contributed by atoms with Crippen molar-refractivity contribution >= 4 is 0 Å². The summed E-state index contributed by atoms with van der Waals surface area (Å²) in [5, 5.41) is 9.68. The first-order valence-corrected chi connectivity index (χ1v) is 4.90. The zero-order valence-electron chi connectivity index (χ0n) is 8.43. The molecule has 0 saturated carbocycles. The Morgan fingerprint density at radius 1 is 1.58 bits per heavy atom. The van der Waals surface area contributed by atoms with Crippen molar-refractivity contribution in [3.63, 3.8) is 0 Å². The zero-order chi connectivity index (χ0) is 9.19. The Morgan fingerprint density at radius 3 is 2.67 bits per heavy atom. The van der Waals surface area contributed by atoms with Gasteiger partial charge in [0, 0.05) is 0 Å². The summed E-state index contributed by atoms with van der Waals surface area (Å²) in [5.74, 6) is 0.749. The van der Waals surface area contributed by atoms with E-state index < -0.39 is 5.60 Å². The van der Waals surface area contributed by atoms with Gasteiger partial charge in [-0.25, -0.2) is 0 Å². The molecule has 0 bridgehead atoms. The lowest BCUT2D eigenvalue weighted by atomic mass is 9.84. The molecule has 1 unspecified atom stereocenters. The van der Waals surface area contributed by atoms with Gasteiger partial charge in [-0.05, 0) is 38.5 Å². The standard InChI is InChI=1S/C11H20O/c1-9(2)8-10-4-6-11(3,12)7-5-10/h4,9,12H,5-8H2,1-3H3. The molecular weight excluding hydrogens is 148 g/mol. The molecule has 0 spiro atoms. The molecule has 0 radical (unpaired) electrons. The van der Waals surface area contributed by atoms with Crippen molar-refractivity contribution < 1.29 is 5.11 Å². The molecule has 1 heteroatoms. The number of allylic oxidation sites excluding steroid dienone is 1. The van der Waals surface area contributed by atoms with Crippen LogP contribution >= 0.6 is 0 Å². The highest BCUT2D eigenvalue weighted by Gasteiger charge is 2.23. The number of hydrogen-bond acceptors (Lipinski definition) is 1. The minimum atomic E-state index is -0.430. The monoisotopic (exact) mass is 168 g/mol. The quantitative estimate of drug-likeness (QED) is 0.629. The highest BCUT2D eigenvalue weighted by molar-refractivity contribution is 5.09. The van der Waals surface area contributed by atoms with Crippen LogP contribution < -0.4 is 0 Å². The van der Waals surface area contributed by atoms with Gasteiger partial charge in [0.2, 0.25) is 0 Å². The highest BCUT2D eigenvalue weighted by atomic mass is 16.3. The molecule has 1 aliphatic carbocycles. The minimum absolute atomic E-state index is 0.430. The Morgan fingerprint density at radius 2 is 2.25 bits per heavy atom. The van der Waals surface area contributed by atoms with E-state index in [0.717, 1.165) is 25.2 Å². The molecule has 1 N–H and O–H groups in total. The molecule has 1 aliphatic rings. The van der Waals surface area contributed by atoms with Crippen LogP contribution in [0.3, 0.4) is 0 Å². The van der Waals surface area contributed by atoms with Gasteiger partial charge in [0.25, 0.3) is 0 Å². The first-order chi connectivity index (χ1) is 5.49. The summed E-state index contributed by atoms with van der Waals surface area (Å²) in [7, 11) is 0. The van der Waals surface area contributed by atoms with Crippen molar-refractivity contribution in [2.24, 2.45) is 5.92 Å². The van der Waals surface area contributed by atoms with Crippen LogP contribution in [0, 0.1) is 5.92 Å².